The summed E-state index contributed by atoms with van der Waals surface area (Å²) in [5.41, 5.74) is 2.80. The number of rotatable bonds is 10. The molecule has 0 aromatic heterocycles. The van der Waals surface area contributed by atoms with Crippen LogP contribution in [0.15, 0.2) is 85.3 Å². The fraction of sp³-hybridized carbons (Fsp3) is 0.333. The van der Waals surface area contributed by atoms with E-state index in [9.17, 15) is 0 Å². The van der Waals surface area contributed by atoms with Gasteiger partial charge in [-0.05, 0) is 60.8 Å². The normalized spacial score (nSPS) is 14.0. The zero-order valence-electron chi connectivity index (χ0n) is 15.5. The highest BCUT2D eigenvalue weighted by molar-refractivity contribution is 5.15. The van der Waals surface area contributed by atoms with Gasteiger partial charge in [-0.2, -0.15) is 0 Å². The van der Waals surface area contributed by atoms with Gasteiger partial charge < -0.3 is 4.74 Å². The molecule has 2 aromatic rings. The third kappa shape index (κ3) is 8.39. The van der Waals surface area contributed by atoms with Crippen molar-refractivity contribution in [1.82, 2.24) is 0 Å². The topological polar surface area (TPSA) is 9.23 Å². The van der Waals surface area contributed by atoms with Crippen LogP contribution in [0.3, 0.4) is 0 Å². The van der Waals surface area contributed by atoms with E-state index >= 15 is 0 Å². The number of allylic oxidation sites excluding steroid dienone is 2. The minimum absolute atomic E-state index is 0.518. The fourth-order valence-corrected chi connectivity index (χ4v) is 2.67. The van der Waals surface area contributed by atoms with E-state index in [1.807, 2.05) is 12.5 Å². The molecule has 0 N–H and O–H groups in total. The fourth-order valence-electron chi connectivity index (χ4n) is 2.67. The second-order valence-corrected chi connectivity index (χ2v) is 6.80. The Morgan fingerprint density at radius 3 is 1.48 bits per heavy atom. The highest BCUT2D eigenvalue weighted by atomic mass is 16.5. The Kier molecular flexibility index (Phi) is 8.61. The molecule has 2 atom stereocenters. The van der Waals surface area contributed by atoms with E-state index in [4.69, 9.17) is 4.74 Å². The zero-order valence-corrected chi connectivity index (χ0v) is 15.5. The Balaban J connectivity index is 1.60. The van der Waals surface area contributed by atoms with E-state index in [0.717, 1.165) is 25.7 Å². The molecule has 0 spiro atoms. The van der Waals surface area contributed by atoms with E-state index in [1.165, 1.54) is 11.1 Å². The van der Waals surface area contributed by atoms with Crippen LogP contribution in [0.4, 0.5) is 0 Å². The first-order chi connectivity index (χ1) is 12.2. The molecule has 0 saturated carbocycles. The first-order valence-electron chi connectivity index (χ1n) is 9.30. The van der Waals surface area contributed by atoms with Gasteiger partial charge in [0, 0.05) is 0 Å². The Morgan fingerprint density at radius 1 is 0.680 bits per heavy atom. The molecule has 2 aromatic carbocycles. The van der Waals surface area contributed by atoms with Crippen molar-refractivity contribution >= 4 is 0 Å². The minimum atomic E-state index is 0.518. The molecular formula is C24H30O. The van der Waals surface area contributed by atoms with Gasteiger partial charge in [-0.3, -0.25) is 0 Å². The summed E-state index contributed by atoms with van der Waals surface area (Å²) in [5, 5.41) is 0. The van der Waals surface area contributed by atoms with E-state index < -0.39 is 0 Å². The average molecular weight is 335 g/mol. The number of aryl methyl sites for hydroxylation is 2. The van der Waals surface area contributed by atoms with Gasteiger partial charge in [0.05, 0.1) is 12.5 Å². The van der Waals surface area contributed by atoms with Crippen LogP contribution in [0, 0.1) is 11.8 Å². The van der Waals surface area contributed by atoms with Crippen molar-refractivity contribution in [3.8, 4) is 0 Å². The van der Waals surface area contributed by atoms with E-state index in [2.05, 4.69) is 86.7 Å². The van der Waals surface area contributed by atoms with Crippen molar-refractivity contribution < 1.29 is 4.74 Å². The number of ether oxygens (including phenoxy) is 1. The number of hydrogen-bond donors (Lipinski definition) is 0. The lowest BCUT2D eigenvalue weighted by Crippen LogP contribution is -1.94. The molecule has 0 bridgehead atoms. The van der Waals surface area contributed by atoms with Gasteiger partial charge in [0.2, 0.25) is 0 Å². The monoisotopic (exact) mass is 334 g/mol. The quantitative estimate of drug-likeness (QED) is 0.447. The first-order valence-corrected chi connectivity index (χ1v) is 9.30. The second kappa shape index (κ2) is 11.3. The molecule has 2 rings (SSSR count). The van der Waals surface area contributed by atoms with Crippen LogP contribution >= 0.6 is 0 Å². The third-order valence-corrected chi connectivity index (χ3v) is 4.43. The van der Waals surface area contributed by atoms with Crippen LogP contribution < -0.4 is 0 Å². The smallest absolute Gasteiger partial charge is 0.0864 e. The standard InChI is InChI=1S/C24H30O/c1-21(13-15-23-9-5-3-6-10-23)17-19-25-20-18-22(2)14-16-24-11-7-4-8-12-24/h3-12,17-22H,13-16H2,1-2H3/b19-17+,20-18+. The Hall–Kier alpha value is -2.28. The molecule has 1 nitrogen and oxygen atoms in total. The summed E-state index contributed by atoms with van der Waals surface area (Å²) in [4.78, 5) is 0. The molecule has 0 amide bonds. The molecule has 1 heteroatoms. The maximum Gasteiger partial charge on any atom is 0.0864 e. The third-order valence-electron chi connectivity index (χ3n) is 4.43. The minimum Gasteiger partial charge on any atom is -0.473 e. The van der Waals surface area contributed by atoms with Crippen LogP contribution in [0.1, 0.15) is 37.8 Å². The molecule has 2 unspecified atom stereocenters. The highest BCUT2D eigenvalue weighted by Gasteiger charge is 1.99. The number of benzene rings is 2. The molecule has 0 heterocycles. The molecule has 0 saturated heterocycles. The molecule has 25 heavy (non-hydrogen) atoms. The summed E-state index contributed by atoms with van der Waals surface area (Å²) in [6.07, 6.45) is 12.4. The average Bonchev–Trinajstić information content (AvgIpc) is 2.66. The van der Waals surface area contributed by atoms with Crippen molar-refractivity contribution in [2.45, 2.75) is 39.5 Å². The first kappa shape index (κ1) is 19.1. The predicted octanol–water partition coefficient (Wildman–Crippen LogP) is 6.57. The summed E-state index contributed by atoms with van der Waals surface area (Å²) in [7, 11) is 0. The summed E-state index contributed by atoms with van der Waals surface area (Å²) >= 11 is 0. The van der Waals surface area contributed by atoms with Crippen LogP contribution in [-0.4, -0.2) is 0 Å². The van der Waals surface area contributed by atoms with Gasteiger partial charge in [0.1, 0.15) is 0 Å². The van der Waals surface area contributed by atoms with Crippen LogP contribution in [0.5, 0.6) is 0 Å². The van der Waals surface area contributed by atoms with Gasteiger partial charge in [-0.25, -0.2) is 0 Å². The molecule has 0 fully saturated rings. The molecular weight excluding hydrogens is 304 g/mol. The van der Waals surface area contributed by atoms with E-state index in [0.29, 0.717) is 11.8 Å². The van der Waals surface area contributed by atoms with Crippen molar-refractivity contribution in [1.29, 1.82) is 0 Å². The summed E-state index contributed by atoms with van der Waals surface area (Å²) < 4.78 is 5.52. The van der Waals surface area contributed by atoms with Crippen LogP contribution in [-0.2, 0) is 17.6 Å². The Bertz CT molecular complexity index is 570. The molecule has 0 radical (unpaired) electrons. The van der Waals surface area contributed by atoms with Crippen LogP contribution in [0.2, 0.25) is 0 Å². The lowest BCUT2D eigenvalue weighted by atomic mass is 10.0. The summed E-state index contributed by atoms with van der Waals surface area (Å²) in [5.74, 6) is 1.04. The van der Waals surface area contributed by atoms with E-state index in [-0.39, 0.29) is 0 Å². The molecule has 0 aliphatic carbocycles. The highest BCUT2D eigenvalue weighted by Crippen LogP contribution is 2.12. The Labute approximate surface area is 153 Å². The largest absolute Gasteiger partial charge is 0.473 e. The lowest BCUT2D eigenvalue weighted by molar-refractivity contribution is 0.390. The maximum atomic E-state index is 5.52. The second-order valence-electron chi connectivity index (χ2n) is 6.80. The van der Waals surface area contributed by atoms with Gasteiger partial charge in [0.15, 0.2) is 0 Å². The van der Waals surface area contributed by atoms with Gasteiger partial charge in [-0.1, -0.05) is 74.5 Å². The molecule has 0 aliphatic heterocycles. The van der Waals surface area contributed by atoms with Crippen molar-refractivity contribution in [2.24, 2.45) is 11.8 Å². The zero-order chi connectivity index (χ0) is 17.7. The SMILES string of the molecule is CC(/C=C/O/C=C/C(C)CCc1ccccc1)CCc1ccccc1. The summed E-state index contributed by atoms with van der Waals surface area (Å²) in [6, 6.07) is 21.3. The van der Waals surface area contributed by atoms with Crippen molar-refractivity contribution in [3.63, 3.8) is 0 Å². The van der Waals surface area contributed by atoms with Crippen molar-refractivity contribution in [3.05, 3.63) is 96.5 Å². The maximum absolute atomic E-state index is 5.52. The summed E-state index contributed by atoms with van der Waals surface area (Å²) in [6.45, 7) is 4.46. The van der Waals surface area contributed by atoms with E-state index in [1.54, 1.807) is 0 Å². The van der Waals surface area contributed by atoms with Gasteiger partial charge >= 0.3 is 0 Å². The van der Waals surface area contributed by atoms with Gasteiger partial charge in [-0.15, -0.1) is 0 Å². The molecule has 132 valence electrons. The molecule has 0 aliphatic rings. The lowest BCUT2D eigenvalue weighted by Gasteiger charge is -2.07. The van der Waals surface area contributed by atoms with Gasteiger partial charge in [0.25, 0.3) is 0 Å². The number of hydrogen-bond acceptors (Lipinski definition) is 1. The Morgan fingerprint density at radius 2 is 1.08 bits per heavy atom. The predicted molar refractivity (Wildman–Crippen MR) is 107 cm³/mol. The van der Waals surface area contributed by atoms with Crippen molar-refractivity contribution in [2.75, 3.05) is 0 Å². The van der Waals surface area contributed by atoms with Crippen LogP contribution in [0.25, 0.3) is 0 Å².